The monoisotopic (exact) mass is 246 g/mol. The number of hydrogen-bond acceptors (Lipinski definition) is 3. The zero-order valence-corrected chi connectivity index (χ0v) is 9.97. The van der Waals surface area contributed by atoms with Gasteiger partial charge in [-0.1, -0.05) is 13.0 Å². The molecule has 0 amide bonds. The topological polar surface area (TPSA) is 30.5 Å². The Morgan fingerprint density at radius 1 is 1.44 bits per heavy atom. The Labute approximate surface area is 107 Å². The van der Waals surface area contributed by atoms with E-state index in [4.69, 9.17) is 13.6 Å². The van der Waals surface area contributed by atoms with Gasteiger partial charge in [0.1, 0.15) is 0 Å². The van der Waals surface area contributed by atoms with Crippen LogP contribution < -0.4 is 14.8 Å². The lowest BCUT2D eigenvalue weighted by molar-refractivity contribution is 0.174. The molecule has 0 bridgehead atoms. The molecule has 1 aromatic carbocycles. The van der Waals surface area contributed by atoms with Gasteiger partial charge in [-0.3, -0.25) is 0 Å². The average molecular weight is 247 g/mol. The Balaban J connectivity index is 0.00000180. The van der Waals surface area contributed by atoms with E-state index >= 15 is 0 Å². The van der Waals surface area contributed by atoms with E-state index in [0.29, 0.717) is 6.42 Å². The second-order valence-electron chi connectivity index (χ2n) is 3.64. The molecule has 0 aromatic heterocycles. The summed E-state index contributed by atoms with van der Waals surface area (Å²) in [6.45, 7) is 0.122. The van der Waals surface area contributed by atoms with Crippen LogP contribution >= 0.6 is 12.4 Å². The van der Waals surface area contributed by atoms with Crippen molar-refractivity contribution in [2.75, 3.05) is 13.8 Å². The van der Waals surface area contributed by atoms with Crippen molar-refractivity contribution in [2.45, 2.75) is 25.8 Å². The third kappa shape index (κ3) is 2.80. The van der Waals surface area contributed by atoms with E-state index in [0.717, 1.165) is 23.5 Å². The van der Waals surface area contributed by atoms with Gasteiger partial charge in [-0.05, 0) is 37.5 Å². The third-order valence-electron chi connectivity index (χ3n) is 2.62. The number of likely N-dealkylation sites (N-methyl/N-ethyl adjacent to an activating group) is 1. The molecule has 0 unspecified atom stereocenters. The van der Waals surface area contributed by atoms with Crippen LogP contribution in [0.3, 0.4) is 0 Å². The van der Waals surface area contributed by atoms with Crippen LogP contribution in [-0.2, 0) is 6.42 Å². The summed E-state index contributed by atoms with van der Waals surface area (Å²) in [6, 6.07) is 5.64. The predicted octanol–water partition coefficient (Wildman–Crippen LogP) is 2.38. The van der Waals surface area contributed by atoms with Crippen LogP contribution in [0.4, 0.5) is 0 Å². The van der Waals surface area contributed by atoms with E-state index in [1.807, 2.05) is 25.1 Å². The van der Waals surface area contributed by atoms with Crippen LogP contribution in [0.25, 0.3) is 0 Å². The van der Waals surface area contributed by atoms with Gasteiger partial charge in [-0.15, -0.1) is 12.4 Å². The molecular formula is C12H18ClNO2. The summed E-state index contributed by atoms with van der Waals surface area (Å²) in [5.41, 5.74) is 1.04. The molecule has 1 heterocycles. The van der Waals surface area contributed by atoms with E-state index in [9.17, 15) is 0 Å². The molecule has 4 heteroatoms. The van der Waals surface area contributed by atoms with Gasteiger partial charge in [-0.2, -0.15) is 0 Å². The van der Waals surface area contributed by atoms with Crippen molar-refractivity contribution in [2.24, 2.45) is 0 Å². The van der Waals surface area contributed by atoms with Gasteiger partial charge in [0.05, 0.1) is 0 Å². The molecule has 0 saturated carbocycles. The summed E-state index contributed by atoms with van der Waals surface area (Å²) in [5.74, 6) is 1.48. The number of fused-ring (bicyclic) bond motifs is 1. The number of hydrogen-bond donors (Lipinski definition) is 1. The van der Waals surface area contributed by atoms with Gasteiger partial charge in [0.15, 0.2) is 11.5 Å². The highest BCUT2D eigenvalue weighted by Gasteiger charge is 2.14. The second kappa shape index (κ2) is 5.97. The first-order chi connectivity index (χ1) is 8.48. The van der Waals surface area contributed by atoms with Crippen LogP contribution in [0, 0.1) is 0 Å². The number of halogens is 1. The van der Waals surface area contributed by atoms with E-state index in [2.05, 4.69) is 5.32 Å². The maximum absolute atomic E-state index is 7.23. The molecule has 0 saturated heterocycles. The van der Waals surface area contributed by atoms with E-state index in [1.165, 1.54) is 0 Å². The Morgan fingerprint density at radius 3 is 3.00 bits per heavy atom. The molecule has 1 aliphatic rings. The maximum atomic E-state index is 7.23. The summed E-state index contributed by atoms with van der Waals surface area (Å²) in [5, 5.41) is 2.65. The fourth-order valence-corrected chi connectivity index (χ4v) is 1.65. The summed E-state index contributed by atoms with van der Waals surface area (Å²) in [7, 11) is 0. The standard InChI is InChI=1S/C12H17NO2.ClH/c1-3-10(13-2)6-9-4-5-11-12(7-9)15-8-14-11;/h4-5,7,10,13H,3,6,8H2,1-2H3;1H/t10-;/m0./s1/i2D3;. The fraction of sp³-hybridized carbons (Fsp3) is 0.500. The lowest BCUT2D eigenvalue weighted by Crippen LogP contribution is -2.26. The maximum Gasteiger partial charge on any atom is 0.231 e. The number of ether oxygens (including phenoxy) is 2. The molecule has 0 aliphatic carbocycles. The van der Waals surface area contributed by atoms with E-state index < -0.39 is 6.98 Å². The highest BCUT2D eigenvalue weighted by Crippen LogP contribution is 2.32. The summed E-state index contributed by atoms with van der Waals surface area (Å²) in [6.07, 6.45) is 1.42. The fourth-order valence-electron chi connectivity index (χ4n) is 1.65. The van der Waals surface area contributed by atoms with Crippen LogP contribution in [0.1, 0.15) is 23.0 Å². The van der Waals surface area contributed by atoms with Crippen LogP contribution in [0.2, 0.25) is 0 Å². The van der Waals surface area contributed by atoms with Crippen molar-refractivity contribution < 1.29 is 13.6 Å². The Morgan fingerprint density at radius 2 is 2.25 bits per heavy atom. The third-order valence-corrected chi connectivity index (χ3v) is 2.62. The zero-order chi connectivity index (χ0) is 13.2. The summed E-state index contributed by atoms with van der Waals surface area (Å²) in [4.78, 5) is 0. The van der Waals surface area contributed by atoms with Crippen molar-refractivity contribution in [3.8, 4) is 11.5 Å². The van der Waals surface area contributed by atoms with Gasteiger partial charge in [0.25, 0.3) is 0 Å². The van der Waals surface area contributed by atoms with Gasteiger partial charge in [0.2, 0.25) is 6.79 Å². The van der Waals surface area contributed by atoms with Gasteiger partial charge in [0, 0.05) is 10.2 Å². The summed E-state index contributed by atoms with van der Waals surface area (Å²) >= 11 is 0. The first-order valence-electron chi connectivity index (χ1n) is 6.64. The van der Waals surface area contributed by atoms with Gasteiger partial charge in [-0.25, -0.2) is 0 Å². The Bertz CT molecular complexity index is 426. The smallest absolute Gasteiger partial charge is 0.231 e. The molecular weight excluding hydrogens is 226 g/mol. The molecule has 90 valence electrons. The van der Waals surface area contributed by atoms with Crippen molar-refractivity contribution in [1.29, 1.82) is 0 Å². The highest BCUT2D eigenvalue weighted by atomic mass is 35.5. The quantitative estimate of drug-likeness (QED) is 0.885. The molecule has 1 N–H and O–H groups in total. The number of benzene rings is 1. The van der Waals surface area contributed by atoms with Crippen LogP contribution in [-0.4, -0.2) is 19.8 Å². The van der Waals surface area contributed by atoms with Gasteiger partial charge < -0.3 is 14.8 Å². The normalized spacial score (nSPS) is 17.9. The number of rotatable bonds is 4. The van der Waals surface area contributed by atoms with Crippen molar-refractivity contribution in [1.82, 2.24) is 5.32 Å². The van der Waals surface area contributed by atoms with E-state index in [1.54, 1.807) is 0 Å². The van der Waals surface area contributed by atoms with E-state index in [-0.39, 0.29) is 25.2 Å². The Hall–Kier alpha value is -0.930. The molecule has 1 aromatic rings. The highest BCUT2D eigenvalue weighted by molar-refractivity contribution is 5.85. The SMILES string of the molecule is Cl.[2H]C([2H])([2H])N[C@@H](CC)Cc1ccc2c(c1)OCO2. The molecule has 0 radical (unpaired) electrons. The molecule has 1 aliphatic heterocycles. The van der Waals surface area contributed by atoms with Crippen molar-refractivity contribution in [3.63, 3.8) is 0 Å². The van der Waals surface area contributed by atoms with Crippen LogP contribution in [0.15, 0.2) is 18.2 Å². The minimum atomic E-state index is -2.10. The largest absolute Gasteiger partial charge is 0.454 e. The van der Waals surface area contributed by atoms with Gasteiger partial charge >= 0.3 is 0 Å². The lowest BCUT2D eigenvalue weighted by Gasteiger charge is -2.13. The molecule has 0 spiro atoms. The lowest BCUT2D eigenvalue weighted by atomic mass is 10.0. The summed E-state index contributed by atoms with van der Waals surface area (Å²) < 4.78 is 32.2. The number of nitrogens with one attached hydrogen (secondary N) is 1. The zero-order valence-electron chi connectivity index (χ0n) is 12.2. The molecule has 1 atom stereocenters. The molecule has 3 nitrogen and oxygen atoms in total. The second-order valence-corrected chi connectivity index (χ2v) is 3.64. The minimum absolute atomic E-state index is 0. The van der Waals surface area contributed by atoms with Crippen molar-refractivity contribution in [3.05, 3.63) is 23.8 Å². The molecule has 0 fully saturated rings. The molecule has 2 rings (SSSR count). The minimum Gasteiger partial charge on any atom is -0.454 e. The average Bonchev–Trinajstić information content (AvgIpc) is 2.73. The molecule has 16 heavy (non-hydrogen) atoms. The first-order valence-corrected chi connectivity index (χ1v) is 5.14. The van der Waals surface area contributed by atoms with Crippen molar-refractivity contribution >= 4 is 12.4 Å². The van der Waals surface area contributed by atoms with Crippen LogP contribution in [0.5, 0.6) is 11.5 Å². The Kier molecular flexibility index (Phi) is 3.41. The first kappa shape index (κ1) is 9.14. The predicted molar refractivity (Wildman–Crippen MR) is 66.7 cm³/mol.